The zero-order chi connectivity index (χ0) is 8.27. The highest BCUT2D eigenvalue weighted by Crippen LogP contribution is 2.17. The normalized spacial score (nSPS) is 32.7. The second kappa shape index (κ2) is 4.07. The quantitative estimate of drug-likeness (QED) is 0.625. The molecule has 2 unspecified atom stereocenters. The number of nitrogens with two attached hydrogens (primary N) is 1. The molecule has 11 heavy (non-hydrogen) atoms. The molecule has 1 saturated heterocycles. The van der Waals surface area contributed by atoms with E-state index in [1.807, 2.05) is 0 Å². The molecule has 1 aliphatic rings. The van der Waals surface area contributed by atoms with Gasteiger partial charge in [-0.05, 0) is 37.8 Å². The lowest BCUT2D eigenvalue weighted by atomic mass is 9.89. The maximum atomic E-state index is 5.58. The zero-order valence-corrected chi connectivity index (χ0v) is 7.64. The summed E-state index contributed by atoms with van der Waals surface area (Å²) in [5.74, 6) is 1.50. The molecule has 0 spiro atoms. The molecule has 0 aromatic heterocycles. The maximum absolute atomic E-state index is 5.58. The Morgan fingerprint density at radius 1 is 1.45 bits per heavy atom. The first kappa shape index (κ1) is 9.01. The monoisotopic (exact) mass is 156 g/mol. The van der Waals surface area contributed by atoms with E-state index >= 15 is 0 Å². The lowest BCUT2D eigenvalue weighted by Gasteiger charge is -2.31. The van der Waals surface area contributed by atoms with Crippen molar-refractivity contribution < 1.29 is 0 Å². The molecule has 2 nitrogen and oxygen atoms in total. The molecule has 0 aromatic carbocycles. The summed E-state index contributed by atoms with van der Waals surface area (Å²) in [5, 5.41) is 3.54. The van der Waals surface area contributed by atoms with Crippen LogP contribution in [0.5, 0.6) is 0 Å². The van der Waals surface area contributed by atoms with Crippen LogP contribution >= 0.6 is 0 Å². The second-order valence-electron chi connectivity index (χ2n) is 3.94. The summed E-state index contributed by atoms with van der Waals surface area (Å²) in [6, 6.07) is 0.734. The summed E-state index contributed by atoms with van der Waals surface area (Å²) in [7, 11) is 0. The van der Waals surface area contributed by atoms with Crippen molar-refractivity contribution in [1.29, 1.82) is 0 Å². The fraction of sp³-hybridized carbons (Fsp3) is 1.00. The van der Waals surface area contributed by atoms with Gasteiger partial charge in [-0.1, -0.05) is 13.8 Å². The van der Waals surface area contributed by atoms with Crippen LogP contribution in [0.4, 0.5) is 0 Å². The average molecular weight is 156 g/mol. The Morgan fingerprint density at radius 2 is 2.18 bits per heavy atom. The minimum atomic E-state index is 0.727. The minimum absolute atomic E-state index is 0.727. The molecular formula is C9H20N2. The molecule has 1 rings (SSSR count). The molecule has 2 heteroatoms. The number of hydrogen-bond acceptors (Lipinski definition) is 2. The van der Waals surface area contributed by atoms with E-state index in [4.69, 9.17) is 5.73 Å². The Bertz CT molecular complexity index is 104. The third kappa shape index (κ3) is 2.46. The molecule has 0 aromatic rings. The van der Waals surface area contributed by atoms with Crippen LogP contribution in [-0.4, -0.2) is 19.1 Å². The van der Waals surface area contributed by atoms with Crippen molar-refractivity contribution in [2.75, 3.05) is 13.1 Å². The van der Waals surface area contributed by atoms with E-state index in [1.165, 1.54) is 12.8 Å². The topological polar surface area (TPSA) is 38.0 Å². The van der Waals surface area contributed by atoms with Crippen LogP contribution in [0.3, 0.4) is 0 Å². The number of rotatable bonds is 2. The predicted molar refractivity (Wildman–Crippen MR) is 48.4 cm³/mol. The van der Waals surface area contributed by atoms with Gasteiger partial charge in [0.15, 0.2) is 0 Å². The van der Waals surface area contributed by atoms with Crippen LogP contribution in [-0.2, 0) is 0 Å². The van der Waals surface area contributed by atoms with Crippen molar-refractivity contribution in [3.63, 3.8) is 0 Å². The Hall–Kier alpha value is -0.0800. The zero-order valence-electron chi connectivity index (χ0n) is 7.64. The summed E-state index contributed by atoms with van der Waals surface area (Å²) < 4.78 is 0. The van der Waals surface area contributed by atoms with Gasteiger partial charge in [-0.3, -0.25) is 0 Å². The van der Waals surface area contributed by atoms with E-state index in [1.54, 1.807) is 0 Å². The van der Waals surface area contributed by atoms with E-state index in [0.29, 0.717) is 0 Å². The molecule has 0 amide bonds. The van der Waals surface area contributed by atoms with Gasteiger partial charge in [0.2, 0.25) is 0 Å². The molecule has 0 bridgehead atoms. The Morgan fingerprint density at radius 3 is 2.55 bits per heavy atom. The molecule has 0 saturated carbocycles. The van der Waals surface area contributed by atoms with Crippen LogP contribution in [0, 0.1) is 11.8 Å². The van der Waals surface area contributed by atoms with Crippen LogP contribution in [0.1, 0.15) is 26.7 Å². The number of hydrogen-bond donors (Lipinski definition) is 2. The molecule has 0 radical (unpaired) electrons. The van der Waals surface area contributed by atoms with Crippen molar-refractivity contribution in [1.82, 2.24) is 5.32 Å². The van der Waals surface area contributed by atoms with Gasteiger partial charge in [-0.2, -0.15) is 0 Å². The largest absolute Gasteiger partial charge is 0.330 e. The SMILES string of the molecule is CC(C)C1CCC(CN)CN1. The van der Waals surface area contributed by atoms with Gasteiger partial charge in [0.05, 0.1) is 0 Å². The molecule has 1 fully saturated rings. The van der Waals surface area contributed by atoms with Crippen LogP contribution < -0.4 is 11.1 Å². The van der Waals surface area contributed by atoms with E-state index in [9.17, 15) is 0 Å². The molecule has 3 N–H and O–H groups in total. The van der Waals surface area contributed by atoms with E-state index < -0.39 is 0 Å². The molecule has 1 heterocycles. The van der Waals surface area contributed by atoms with E-state index in [0.717, 1.165) is 31.0 Å². The van der Waals surface area contributed by atoms with Crippen molar-refractivity contribution in [3.05, 3.63) is 0 Å². The van der Waals surface area contributed by atoms with Crippen LogP contribution in [0.15, 0.2) is 0 Å². The molecule has 2 atom stereocenters. The Balaban J connectivity index is 2.24. The first-order valence-corrected chi connectivity index (χ1v) is 4.67. The van der Waals surface area contributed by atoms with Crippen molar-refractivity contribution >= 4 is 0 Å². The third-order valence-corrected chi connectivity index (χ3v) is 2.69. The van der Waals surface area contributed by atoms with E-state index in [-0.39, 0.29) is 0 Å². The van der Waals surface area contributed by atoms with E-state index in [2.05, 4.69) is 19.2 Å². The summed E-state index contributed by atoms with van der Waals surface area (Å²) >= 11 is 0. The maximum Gasteiger partial charge on any atom is 0.00903 e. The van der Waals surface area contributed by atoms with Gasteiger partial charge >= 0.3 is 0 Å². The van der Waals surface area contributed by atoms with Crippen molar-refractivity contribution in [2.45, 2.75) is 32.7 Å². The molecule has 0 aliphatic carbocycles. The highest BCUT2D eigenvalue weighted by Gasteiger charge is 2.20. The highest BCUT2D eigenvalue weighted by molar-refractivity contribution is 4.79. The number of nitrogens with one attached hydrogen (secondary N) is 1. The first-order valence-electron chi connectivity index (χ1n) is 4.67. The number of piperidine rings is 1. The van der Waals surface area contributed by atoms with Crippen molar-refractivity contribution in [2.24, 2.45) is 17.6 Å². The summed E-state index contributed by atoms with van der Waals surface area (Å²) in [5.41, 5.74) is 5.58. The summed E-state index contributed by atoms with van der Waals surface area (Å²) in [6.07, 6.45) is 2.62. The highest BCUT2D eigenvalue weighted by atomic mass is 14.9. The van der Waals surface area contributed by atoms with Gasteiger partial charge in [-0.15, -0.1) is 0 Å². The predicted octanol–water partition coefficient (Wildman–Crippen LogP) is 0.969. The Labute approximate surface area is 69.5 Å². The smallest absolute Gasteiger partial charge is 0.00903 e. The summed E-state index contributed by atoms with van der Waals surface area (Å²) in [6.45, 7) is 6.53. The van der Waals surface area contributed by atoms with Gasteiger partial charge in [0.25, 0.3) is 0 Å². The van der Waals surface area contributed by atoms with Gasteiger partial charge in [-0.25, -0.2) is 0 Å². The van der Waals surface area contributed by atoms with Crippen molar-refractivity contribution in [3.8, 4) is 0 Å². The Kier molecular flexibility index (Phi) is 3.34. The lowest BCUT2D eigenvalue weighted by molar-refractivity contribution is 0.269. The standard InChI is InChI=1S/C9H20N2/c1-7(2)9-4-3-8(5-10)6-11-9/h7-9,11H,3-6,10H2,1-2H3. The average Bonchev–Trinajstić information content (AvgIpc) is 2.05. The van der Waals surface area contributed by atoms with Gasteiger partial charge in [0, 0.05) is 6.04 Å². The van der Waals surface area contributed by atoms with Gasteiger partial charge in [0.1, 0.15) is 0 Å². The van der Waals surface area contributed by atoms with Crippen LogP contribution in [0.25, 0.3) is 0 Å². The lowest BCUT2D eigenvalue weighted by Crippen LogP contribution is -2.43. The summed E-state index contributed by atoms with van der Waals surface area (Å²) in [4.78, 5) is 0. The fourth-order valence-electron chi connectivity index (χ4n) is 1.71. The third-order valence-electron chi connectivity index (χ3n) is 2.69. The fourth-order valence-corrected chi connectivity index (χ4v) is 1.71. The molecule has 1 aliphatic heterocycles. The molecule has 66 valence electrons. The van der Waals surface area contributed by atoms with Crippen LogP contribution in [0.2, 0.25) is 0 Å². The first-order chi connectivity index (χ1) is 5.24. The van der Waals surface area contributed by atoms with Gasteiger partial charge < -0.3 is 11.1 Å². The molecular weight excluding hydrogens is 136 g/mol. The minimum Gasteiger partial charge on any atom is -0.330 e. The second-order valence-corrected chi connectivity index (χ2v) is 3.94.